The van der Waals surface area contributed by atoms with Gasteiger partial charge in [-0.15, -0.1) is 0 Å². The summed E-state index contributed by atoms with van der Waals surface area (Å²) in [5, 5.41) is 2.63. The molecule has 8 nitrogen and oxygen atoms in total. The summed E-state index contributed by atoms with van der Waals surface area (Å²) in [6, 6.07) is 12.6. The Morgan fingerprint density at radius 3 is 2.28 bits per heavy atom. The van der Waals surface area contributed by atoms with E-state index in [1.165, 1.54) is 31.2 Å². The predicted octanol–water partition coefficient (Wildman–Crippen LogP) is 2.05. The summed E-state index contributed by atoms with van der Waals surface area (Å²) < 4.78 is 31.5. The largest absolute Gasteiger partial charge is 0.456 e. The molecule has 154 valence electrons. The summed E-state index contributed by atoms with van der Waals surface area (Å²) in [4.78, 5) is 34.8. The molecule has 0 aliphatic rings. The van der Waals surface area contributed by atoms with E-state index in [0.29, 0.717) is 11.3 Å². The normalized spacial score (nSPS) is 11.0. The van der Waals surface area contributed by atoms with E-state index >= 15 is 0 Å². The van der Waals surface area contributed by atoms with Crippen LogP contribution in [0, 0.1) is 6.92 Å². The zero-order chi connectivity index (χ0) is 21.4. The fraction of sp³-hybridized carbons (Fsp3) is 0.250. The van der Waals surface area contributed by atoms with Crippen molar-refractivity contribution in [1.29, 1.82) is 0 Å². The number of sulfonamides is 1. The number of carbonyl (C=O) groups is 3. The smallest absolute Gasteiger partial charge is 0.307 e. The first kappa shape index (κ1) is 22.3. The number of amides is 1. The van der Waals surface area contributed by atoms with Gasteiger partial charge in [0.2, 0.25) is 10.0 Å². The van der Waals surface area contributed by atoms with Crippen LogP contribution in [0.4, 0.5) is 5.69 Å². The molecule has 0 atom stereocenters. The van der Waals surface area contributed by atoms with Gasteiger partial charge in [-0.3, -0.25) is 14.4 Å². The Morgan fingerprint density at radius 2 is 1.66 bits per heavy atom. The quantitative estimate of drug-likeness (QED) is 0.475. The van der Waals surface area contributed by atoms with E-state index < -0.39 is 28.5 Å². The van der Waals surface area contributed by atoms with Gasteiger partial charge in [-0.2, -0.15) is 0 Å². The Morgan fingerprint density at radius 1 is 1.00 bits per heavy atom. The van der Waals surface area contributed by atoms with Crippen molar-refractivity contribution in [3.63, 3.8) is 0 Å². The molecule has 9 heteroatoms. The lowest BCUT2D eigenvalue weighted by molar-refractivity contribution is -0.147. The van der Waals surface area contributed by atoms with Crippen LogP contribution in [0.3, 0.4) is 0 Å². The van der Waals surface area contributed by atoms with Gasteiger partial charge in [0, 0.05) is 17.8 Å². The summed E-state index contributed by atoms with van der Waals surface area (Å²) in [5.74, 6) is -1.37. The molecule has 2 aromatic carbocycles. The van der Waals surface area contributed by atoms with Gasteiger partial charge in [-0.05, 0) is 37.6 Å². The molecular formula is C20H22N2O6S. The highest BCUT2D eigenvalue weighted by atomic mass is 32.2. The number of esters is 1. The number of rotatable bonds is 9. The number of Topliss-reactive ketones (excluding diaryl/α,β-unsaturated/α-hetero) is 1. The van der Waals surface area contributed by atoms with Crippen LogP contribution in [0.15, 0.2) is 53.4 Å². The molecule has 0 aromatic heterocycles. The third-order valence-corrected chi connectivity index (χ3v) is 5.45. The van der Waals surface area contributed by atoms with Crippen LogP contribution in [-0.2, 0) is 24.3 Å². The molecule has 0 radical (unpaired) electrons. The molecule has 0 spiro atoms. The van der Waals surface area contributed by atoms with Crippen molar-refractivity contribution in [3.8, 4) is 0 Å². The van der Waals surface area contributed by atoms with Crippen molar-refractivity contribution < 1.29 is 27.5 Å². The molecule has 0 aliphatic carbocycles. The lowest BCUT2D eigenvalue weighted by Gasteiger charge is -2.09. The molecule has 2 aromatic rings. The van der Waals surface area contributed by atoms with Crippen molar-refractivity contribution >= 4 is 33.4 Å². The number of carbonyl (C=O) groups excluding carboxylic acids is 3. The Balaban J connectivity index is 1.76. The second-order valence-corrected chi connectivity index (χ2v) is 8.02. The van der Waals surface area contributed by atoms with Crippen LogP contribution < -0.4 is 10.0 Å². The second-order valence-electron chi connectivity index (χ2n) is 6.25. The third kappa shape index (κ3) is 6.81. The van der Waals surface area contributed by atoms with Crippen LogP contribution in [0.2, 0.25) is 0 Å². The first-order valence-corrected chi connectivity index (χ1v) is 10.3. The van der Waals surface area contributed by atoms with E-state index in [2.05, 4.69) is 10.0 Å². The molecule has 0 saturated carbocycles. The van der Waals surface area contributed by atoms with Gasteiger partial charge in [0.05, 0.1) is 11.3 Å². The fourth-order valence-electron chi connectivity index (χ4n) is 2.36. The number of hydrogen-bond acceptors (Lipinski definition) is 6. The standard InChI is InChI=1S/C20H22N2O6S/c1-14-5-3-4-6-18(14)22-19(24)13-28-20(25)11-12-21-29(26,27)17-9-7-16(8-10-17)15(2)23/h3-10,21H,11-13H2,1-2H3,(H,22,24). The van der Waals surface area contributed by atoms with Crippen molar-refractivity contribution in [1.82, 2.24) is 4.72 Å². The number of ketones is 1. The highest BCUT2D eigenvalue weighted by Crippen LogP contribution is 2.13. The number of ether oxygens (including phenoxy) is 1. The predicted molar refractivity (Wildman–Crippen MR) is 107 cm³/mol. The van der Waals surface area contributed by atoms with E-state index in [9.17, 15) is 22.8 Å². The maximum absolute atomic E-state index is 12.2. The van der Waals surface area contributed by atoms with Crippen molar-refractivity contribution in [2.75, 3.05) is 18.5 Å². The van der Waals surface area contributed by atoms with Gasteiger partial charge in [-0.25, -0.2) is 13.1 Å². The van der Waals surface area contributed by atoms with Crippen LogP contribution in [0.5, 0.6) is 0 Å². The molecular weight excluding hydrogens is 396 g/mol. The van der Waals surface area contributed by atoms with E-state index in [0.717, 1.165) is 5.56 Å². The Hall–Kier alpha value is -3.04. The molecule has 0 saturated heterocycles. The van der Waals surface area contributed by atoms with E-state index in [1.807, 2.05) is 19.1 Å². The van der Waals surface area contributed by atoms with Gasteiger partial charge in [0.15, 0.2) is 12.4 Å². The average molecular weight is 418 g/mol. The van der Waals surface area contributed by atoms with Gasteiger partial charge < -0.3 is 10.1 Å². The molecule has 0 fully saturated rings. The SMILES string of the molecule is CC(=O)c1ccc(S(=O)(=O)NCCC(=O)OCC(=O)Nc2ccccc2C)cc1. The number of para-hydroxylation sites is 1. The van der Waals surface area contributed by atoms with Gasteiger partial charge in [0.25, 0.3) is 5.91 Å². The number of nitrogens with one attached hydrogen (secondary N) is 2. The second kappa shape index (κ2) is 9.94. The molecule has 0 aliphatic heterocycles. The molecule has 0 unspecified atom stereocenters. The molecule has 2 N–H and O–H groups in total. The Kier molecular flexibility index (Phi) is 7.63. The number of hydrogen-bond donors (Lipinski definition) is 2. The van der Waals surface area contributed by atoms with Gasteiger partial charge in [-0.1, -0.05) is 30.3 Å². The van der Waals surface area contributed by atoms with Crippen LogP contribution in [0.25, 0.3) is 0 Å². The van der Waals surface area contributed by atoms with Crippen molar-refractivity contribution in [3.05, 3.63) is 59.7 Å². The lowest BCUT2D eigenvalue weighted by Crippen LogP contribution is -2.28. The topological polar surface area (TPSA) is 119 Å². The first-order chi connectivity index (χ1) is 13.7. The fourth-order valence-corrected chi connectivity index (χ4v) is 3.39. The van der Waals surface area contributed by atoms with Crippen LogP contribution >= 0.6 is 0 Å². The van der Waals surface area contributed by atoms with Crippen LogP contribution in [-0.4, -0.2) is 39.2 Å². The number of aryl methyl sites for hydroxylation is 1. The van der Waals surface area contributed by atoms with E-state index in [-0.39, 0.29) is 23.6 Å². The Labute approximate surface area is 169 Å². The van der Waals surface area contributed by atoms with Crippen molar-refractivity contribution in [2.24, 2.45) is 0 Å². The number of anilines is 1. The summed E-state index contributed by atoms with van der Waals surface area (Å²) in [6.07, 6.45) is -0.234. The third-order valence-electron chi connectivity index (χ3n) is 3.98. The average Bonchev–Trinajstić information content (AvgIpc) is 2.68. The van der Waals surface area contributed by atoms with E-state index in [1.54, 1.807) is 12.1 Å². The Bertz CT molecular complexity index is 1000. The lowest BCUT2D eigenvalue weighted by atomic mass is 10.2. The summed E-state index contributed by atoms with van der Waals surface area (Å²) in [5.41, 5.74) is 1.89. The zero-order valence-corrected chi connectivity index (χ0v) is 16.9. The monoisotopic (exact) mass is 418 g/mol. The maximum atomic E-state index is 12.2. The highest BCUT2D eigenvalue weighted by molar-refractivity contribution is 7.89. The minimum Gasteiger partial charge on any atom is -0.456 e. The first-order valence-electron chi connectivity index (χ1n) is 8.81. The van der Waals surface area contributed by atoms with Gasteiger partial charge >= 0.3 is 5.97 Å². The summed E-state index contributed by atoms with van der Waals surface area (Å²) >= 11 is 0. The molecule has 0 heterocycles. The molecule has 1 amide bonds. The molecule has 0 bridgehead atoms. The van der Waals surface area contributed by atoms with Crippen LogP contribution in [0.1, 0.15) is 29.3 Å². The molecule has 2 rings (SSSR count). The molecule has 29 heavy (non-hydrogen) atoms. The highest BCUT2D eigenvalue weighted by Gasteiger charge is 2.15. The zero-order valence-electron chi connectivity index (χ0n) is 16.1. The minimum atomic E-state index is -3.82. The summed E-state index contributed by atoms with van der Waals surface area (Å²) in [7, 11) is -3.82. The minimum absolute atomic E-state index is 0.0199. The van der Waals surface area contributed by atoms with E-state index in [4.69, 9.17) is 4.74 Å². The van der Waals surface area contributed by atoms with Gasteiger partial charge in [0.1, 0.15) is 0 Å². The number of benzene rings is 2. The maximum Gasteiger partial charge on any atom is 0.307 e. The van der Waals surface area contributed by atoms with Crippen molar-refractivity contribution in [2.45, 2.75) is 25.2 Å². The summed E-state index contributed by atoms with van der Waals surface area (Å²) in [6.45, 7) is 2.57.